The van der Waals surface area contributed by atoms with Crippen LogP contribution < -0.4 is 15.5 Å². The number of halogens is 1. The fourth-order valence-electron chi connectivity index (χ4n) is 2.63. The van der Waals surface area contributed by atoms with E-state index in [-0.39, 0.29) is 6.03 Å². The van der Waals surface area contributed by atoms with Gasteiger partial charge < -0.3 is 15.5 Å². The topological polar surface area (TPSA) is 57.3 Å². The van der Waals surface area contributed by atoms with E-state index in [2.05, 4.69) is 20.5 Å². The van der Waals surface area contributed by atoms with Crippen molar-refractivity contribution in [2.75, 3.05) is 34.8 Å². The highest BCUT2D eigenvalue weighted by Crippen LogP contribution is 2.23. The number of benzene rings is 1. The Morgan fingerprint density at radius 3 is 2.92 bits per heavy atom. The molecule has 2 N–H and O–H groups in total. The number of rotatable bonds is 4. The van der Waals surface area contributed by atoms with Crippen LogP contribution in [0, 0.1) is 6.92 Å². The third-order valence-corrected chi connectivity index (χ3v) is 5.47. The molecule has 2 amide bonds. The molecule has 0 spiro atoms. The van der Waals surface area contributed by atoms with Gasteiger partial charge in [-0.3, -0.25) is 0 Å². The normalized spacial score (nSPS) is 14.2. The Bertz CT molecular complexity index is 750. The maximum Gasteiger partial charge on any atom is 0.319 e. The molecule has 3 rings (SSSR count). The number of nitrogens with zero attached hydrogens (tertiary/aromatic N) is 2. The lowest BCUT2D eigenvalue weighted by Crippen LogP contribution is -2.33. The second-order valence-electron chi connectivity index (χ2n) is 5.84. The van der Waals surface area contributed by atoms with Gasteiger partial charge in [0, 0.05) is 48.0 Å². The van der Waals surface area contributed by atoms with Crippen molar-refractivity contribution in [3.63, 3.8) is 0 Å². The van der Waals surface area contributed by atoms with Gasteiger partial charge in [-0.2, -0.15) is 11.8 Å². The molecule has 1 saturated heterocycles. The first-order valence-electron chi connectivity index (χ1n) is 8.21. The van der Waals surface area contributed by atoms with Crippen LogP contribution >= 0.6 is 23.4 Å². The van der Waals surface area contributed by atoms with Gasteiger partial charge in [-0.1, -0.05) is 17.7 Å². The van der Waals surface area contributed by atoms with Crippen molar-refractivity contribution in [2.45, 2.75) is 13.5 Å². The summed E-state index contributed by atoms with van der Waals surface area (Å²) in [7, 11) is 0. The smallest absolute Gasteiger partial charge is 0.319 e. The van der Waals surface area contributed by atoms with Crippen molar-refractivity contribution in [3.05, 3.63) is 52.7 Å². The number of aromatic nitrogens is 1. The third-order valence-electron chi connectivity index (χ3n) is 4.11. The number of urea groups is 1. The highest BCUT2D eigenvalue weighted by molar-refractivity contribution is 7.99. The van der Waals surface area contributed by atoms with Crippen molar-refractivity contribution in [2.24, 2.45) is 0 Å². The van der Waals surface area contributed by atoms with E-state index in [1.165, 1.54) is 0 Å². The molecule has 1 aliphatic heterocycles. The van der Waals surface area contributed by atoms with Gasteiger partial charge in [-0.25, -0.2) is 9.78 Å². The number of nitrogens with one attached hydrogen (secondary N) is 2. The summed E-state index contributed by atoms with van der Waals surface area (Å²) in [5.41, 5.74) is 2.60. The molecule has 1 aromatic heterocycles. The van der Waals surface area contributed by atoms with Crippen LogP contribution in [0.2, 0.25) is 5.02 Å². The number of hydrogen-bond acceptors (Lipinski definition) is 4. The first-order chi connectivity index (χ1) is 12.1. The van der Waals surface area contributed by atoms with E-state index in [9.17, 15) is 4.79 Å². The molecule has 5 nitrogen and oxygen atoms in total. The first kappa shape index (κ1) is 17.9. The van der Waals surface area contributed by atoms with Gasteiger partial charge in [-0.15, -0.1) is 0 Å². The number of amides is 2. The quantitative estimate of drug-likeness (QED) is 0.849. The molecule has 0 unspecified atom stereocenters. The van der Waals surface area contributed by atoms with Gasteiger partial charge >= 0.3 is 6.03 Å². The van der Waals surface area contributed by atoms with E-state index in [4.69, 9.17) is 11.6 Å². The minimum atomic E-state index is -0.252. The summed E-state index contributed by atoms with van der Waals surface area (Å²) in [6.07, 6.45) is 1.80. The lowest BCUT2D eigenvalue weighted by molar-refractivity contribution is 0.251. The van der Waals surface area contributed by atoms with E-state index < -0.39 is 0 Å². The molecule has 1 aromatic carbocycles. The van der Waals surface area contributed by atoms with Gasteiger partial charge in [0.15, 0.2) is 0 Å². The molecule has 2 aromatic rings. The number of anilines is 2. The third kappa shape index (κ3) is 4.80. The van der Waals surface area contributed by atoms with E-state index in [0.717, 1.165) is 41.5 Å². The van der Waals surface area contributed by atoms with Crippen LogP contribution in [0.25, 0.3) is 0 Å². The van der Waals surface area contributed by atoms with Crippen molar-refractivity contribution >= 4 is 40.9 Å². The van der Waals surface area contributed by atoms with E-state index >= 15 is 0 Å². The zero-order valence-corrected chi connectivity index (χ0v) is 15.7. The van der Waals surface area contributed by atoms with Crippen LogP contribution in [0.1, 0.15) is 11.1 Å². The Labute approximate surface area is 157 Å². The number of pyridine rings is 1. The average Bonchev–Trinajstić information content (AvgIpc) is 2.65. The van der Waals surface area contributed by atoms with E-state index in [1.807, 2.05) is 43.0 Å². The van der Waals surface area contributed by atoms with Crippen molar-refractivity contribution in [1.29, 1.82) is 0 Å². The van der Waals surface area contributed by atoms with E-state index in [0.29, 0.717) is 17.3 Å². The Balaban J connectivity index is 1.57. The first-order valence-corrected chi connectivity index (χ1v) is 9.74. The Morgan fingerprint density at radius 1 is 1.32 bits per heavy atom. The van der Waals surface area contributed by atoms with Crippen LogP contribution in [0.3, 0.4) is 0 Å². The predicted molar refractivity (Wildman–Crippen MR) is 106 cm³/mol. The lowest BCUT2D eigenvalue weighted by atomic mass is 10.2. The van der Waals surface area contributed by atoms with Crippen LogP contribution in [0.4, 0.5) is 16.3 Å². The highest BCUT2D eigenvalue weighted by Gasteiger charge is 2.13. The Kier molecular flexibility index (Phi) is 6.04. The molecule has 0 aliphatic carbocycles. The van der Waals surface area contributed by atoms with Crippen LogP contribution in [0.15, 0.2) is 36.5 Å². The van der Waals surface area contributed by atoms with E-state index in [1.54, 1.807) is 12.3 Å². The second kappa shape index (κ2) is 8.45. The summed E-state index contributed by atoms with van der Waals surface area (Å²) >= 11 is 8.05. The summed E-state index contributed by atoms with van der Waals surface area (Å²) in [4.78, 5) is 18.9. The van der Waals surface area contributed by atoms with Crippen LogP contribution in [-0.4, -0.2) is 35.6 Å². The Hall–Kier alpha value is -1.92. The molecule has 7 heteroatoms. The lowest BCUT2D eigenvalue weighted by Gasteiger charge is -2.27. The standard InChI is InChI=1S/C18H21ClN4OS/c1-13-15(19)3-2-4-16(13)22-18(24)21-12-14-5-6-20-17(11-14)23-7-9-25-10-8-23/h2-6,11H,7-10,12H2,1H3,(H2,21,22,24). The monoisotopic (exact) mass is 376 g/mol. The second-order valence-corrected chi connectivity index (χ2v) is 7.47. The minimum absolute atomic E-state index is 0.252. The molecule has 0 bridgehead atoms. The molecule has 0 atom stereocenters. The van der Waals surface area contributed by atoms with Gasteiger partial charge in [0.05, 0.1) is 0 Å². The fraction of sp³-hybridized carbons (Fsp3) is 0.333. The number of carbonyl (C=O) groups excluding carboxylic acids is 1. The molecule has 25 heavy (non-hydrogen) atoms. The van der Waals surface area contributed by atoms with Crippen molar-refractivity contribution < 1.29 is 4.79 Å². The van der Waals surface area contributed by atoms with Gasteiger partial charge in [0.1, 0.15) is 5.82 Å². The SMILES string of the molecule is Cc1c(Cl)cccc1NC(=O)NCc1ccnc(N2CCSCC2)c1. The maximum absolute atomic E-state index is 12.1. The largest absolute Gasteiger partial charge is 0.355 e. The summed E-state index contributed by atoms with van der Waals surface area (Å²) in [6, 6.07) is 9.17. The molecule has 132 valence electrons. The fourth-order valence-corrected chi connectivity index (χ4v) is 3.71. The van der Waals surface area contributed by atoms with Crippen molar-refractivity contribution in [3.8, 4) is 0 Å². The number of hydrogen-bond donors (Lipinski definition) is 2. The molecule has 2 heterocycles. The molecular weight excluding hydrogens is 356 g/mol. The zero-order valence-electron chi connectivity index (χ0n) is 14.1. The number of carbonyl (C=O) groups is 1. The number of thioether (sulfide) groups is 1. The zero-order chi connectivity index (χ0) is 17.6. The summed E-state index contributed by atoms with van der Waals surface area (Å²) in [6.45, 7) is 4.36. The van der Waals surface area contributed by atoms with Crippen LogP contribution in [0.5, 0.6) is 0 Å². The minimum Gasteiger partial charge on any atom is -0.355 e. The summed E-state index contributed by atoms with van der Waals surface area (Å²) < 4.78 is 0. The summed E-state index contributed by atoms with van der Waals surface area (Å²) in [5.74, 6) is 3.24. The van der Waals surface area contributed by atoms with Gasteiger partial charge in [-0.05, 0) is 42.3 Å². The molecule has 0 radical (unpaired) electrons. The maximum atomic E-state index is 12.1. The summed E-state index contributed by atoms with van der Waals surface area (Å²) in [5, 5.41) is 6.35. The highest BCUT2D eigenvalue weighted by atomic mass is 35.5. The van der Waals surface area contributed by atoms with Crippen molar-refractivity contribution in [1.82, 2.24) is 10.3 Å². The van der Waals surface area contributed by atoms with Gasteiger partial charge in [0.2, 0.25) is 0 Å². The van der Waals surface area contributed by atoms with Gasteiger partial charge in [0.25, 0.3) is 0 Å². The molecule has 1 fully saturated rings. The molecular formula is C18H21ClN4OS. The van der Waals surface area contributed by atoms with Crippen LogP contribution in [-0.2, 0) is 6.54 Å². The predicted octanol–water partition coefficient (Wildman–Crippen LogP) is 3.92. The Morgan fingerprint density at radius 2 is 2.12 bits per heavy atom. The average molecular weight is 377 g/mol. The molecule has 1 aliphatic rings. The molecule has 0 saturated carbocycles.